The number of furan rings is 1. The second kappa shape index (κ2) is 11.0. The molecule has 1 aromatic heterocycles. The number of hydrogen-bond donors (Lipinski definition) is 1. The molecule has 0 saturated carbocycles. The molecule has 0 aliphatic heterocycles. The van der Waals surface area contributed by atoms with Crippen molar-refractivity contribution in [3.63, 3.8) is 0 Å². The Hall–Kier alpha value is -3.84. The zero-order valence-electron chi connectivity index (χ0n) is 23.6. The van der Waals surface area contributed by atoms with Gasteiger partial charge in [-0.2, -0.15) is 0 Å². The molecule has 210 valence electrons. The summed E-state index contributed by atoms with van der Waals surface area (Å²) >= 11 is 0. The summed E-state index contributed by atoms with van der Waals surface area (Å²) in [4.78, 5) is 11.7. The van der Waals surface area contributed by atoms with Crippen LogP contribution in [-0.4, -0.2) is 30.4 Å². The van der Waals surface area contributed by atoms with E-state index < -0.39 is 11.7 Å². The van der Waals surface area contributed by atoms with Crippen LogP contribution >= 0.6 is 0 Å². The Kier molecular flexibility index (Phi) is 7.60. The predicted octanol–water partition coefficient (Wildman–Crippen LogP) is 7.18. The molecule has 3 aromatic carbocycles. The van der Waals surface area contributed by atoms with Crippen LogP contribution in [0.1, 0.15) is 60.6 Å². The lowest BCUT2D eigenvalue weighted by Crippen LogP contribution is -2.21. The summed E-state index contributed by atoms with van der Waals surface area (Å²) in [5, 5.41) is 10.8. The molecule has 7 heteroatoms. The average Bonchev–Trinajstić information content (AvgIpc) is 3.49. The van der Waals surface area contributed by atoms with Gasteiger partial charge in [-0.15, -0.1) is 0 Å². The number of methoxy groups -OCH3 is 1. The van der Waals surface area contributed by atoms with Crippen molar-refractivity contribution >= 4 is 16.9 Å². The number of aryl methyl sites for hydroxylation is 2. The van der Waals surface area contributed by atoms with Crippen molar-refractivity contribution in [1.82, 2.24) is 0 Å². The number of hydrogen-bond acceptors (Lipinski definition) is 6. The number of benzene rings is 3. The van der Waals surface area contributed by atoms with E-state index >= 15 is 4.39 Å². The summed E-state index contributed by atoms with van der Waals surface area (Å²) in [6, 6.07) is 12.8. The molecule has 1 atom stereocenters. The summed E-state index contributed by atoms with van der Waals surface area (Å²) in [6.07, 6.45) is 3.13. The lowest BCUT2D eigenvalue weighted by Gasteiger charge is -2.20. The van der Waals surface area contributed by atoms with E-state index in [9.17, 15) is 9.90 Å². The minimum atomic E-state index is -0.783. The van der Waals surface area contributed by atoms with Crippen LogP contribution in [0.25, 0.3) is 22.1 Å². The van der Waals surface area contributed by atoms with E-state index in [1.165, 1.54) is 13.2 Å². The minimum Gasteiger partial charge on any atom is -0.493 e. The lowest BCUT2D eigenvalue weighted by molar-refractivity contribution is -0.139. The van der Waals surface area contributed by atoms with Crippen LogP contribution in [0.15, 0.2) is 53.1 Å². The molecular formula is C33H35FO6. The Morgan fingerprint density at radius 1 is 1.10 bits per heavy atom. The Labute approximate surface area is 233 Å². The number of rotatable bonds is 9. The summed E-state index contributed by atoms with van der Waals surface area (Å²) in [5.74, 6) is 0.720. The molecule has 0 unspecified atom stereocenters. The minimum absolute atomic E-state index is 0.125. The van der Waals surface area contributed by atoms with Crippen LogP contribution in [-0.2, 0) is 22.4 Å². The highest BCUT2D eigenvalue weighted by molar-refractivity contribution is 5.86. The van der Waals surface area contributed by atoms with Crippen LogP contribution in [0.2, 0.25) is 0 Å². The molecule has 0 saturated heterocycles. The zero-order valence-corrected chi connectivity index (χ0v) is 23.6. The Morgan fingerprint density at radius 2 is 1.85 bits per heavy atom. The van der Waals surface area contributed by atoms with Gasteiger partial charge in [-0.3, -0.25) is 4.79 Å². The maximum Gasteiger partial charge on any atom is 0.310 e. The molecule has 1 N–H and O–H groups in total. The molecule has 0 spiro atoms. The standard InChI is InChI=1S/C33H35FO6/c1-19-14-23(38-13-12-33(3,4)36)15-20(2)31(19)25-8-10-27(34)32-26(25)9-11-28(32)40-22-6-7-24-21(16-30(35)37-5)18-39-29(24)17-22/h6-8,10,14-15,17-18,28,36H,9,11-13,16H2,1-5H3/t28-/m1/s1. The van der Waals surface area contributed by atoms with Gasteiger partial charge in [0.25, 0.3) is 0 Å². The number of aliphatic hydroxyl groups is 1. The fourth-order valence-electron chi connectivity index (χ4n) is 5.54. The number of halogens is 1. The van der Waals surface area contributed by atoms with Crippen molar-refractivity contribution < 1.29 is 32.9 Å². The van der Waals surface area contributed by atoms with Crippen LogP contribution in [0.4, 0.5) is 4.39 Å². The van der Waals surface area contributed by atoms with E-state index in [2.05, 4.69) is 0 Å². The monoisotopic (exact) mass is 546 g/mol. The largest absolute Gasteiger partial charge is 0.493 e. The van der Waals surface area contributed by atoms with Crippen molar-refractivity contribution in [3.8, 4) is 22.6 Å². The molecule has 1 aliphatic carbocycles. The predicted molar refractivity (Wildman–Crippen MR) is 151 cm³/mol. The van der Waals surface area contributed by atoms with Crippen molar-refractivity contribution in [2.45, 2.75) is 65.1 Å². The SMILES string of the molecule is COC(=O)Cc1coc2cc(O[C@@H]3CCc4c(-c5c(C)cc(OCCC(C)(C)O)cc5C)ccc(F)c43)ccc12. The van der Waals surface area contributed by atoms with Gasteiger partial charge < -0.3 is 23.7 Å². The highest BCUT2D eigenvalue weighted by atomic mass is 19.1. The fraction of sp³-hybridized carbons (Fsp3) is 0.364. The summed E-state index contributed by atoms with van der Waals surface area (Å²) in [6.45, 7) is 8.03. The van der Waals surface area contributed by atoms with Crippen molar-refractivity contribution in [3.05, 3.63) is 82.4 Å². The molecule has 6 nitrogen and oxygen atoms in total. The maximum absolute atomic E-state index is 15.3. The first-order chi connectivity index (χ1) is 19.0. The highest BCUT2D eigenvalue weighted by Crippen LogP contribution is 2.44. The first kappa shape index (κ1) is 27.7. The molecule has 0 fully saturated rings. The van der Waals surface area contributed by atoms with Crippen LogP contribution < -0.4 is 9.47 Å². The molecule has 1 heterocycles. The van der Waals surface area contributed by atoms with E-state index in [0.717, 1.165) is 44.5 Å². The van der Waals surface area contributed by atoms with Crippen LogP contribution in [0.3, 0.4) is 0 Å². The summed E-state index contributed by atoms with van der Waals surface area (Å²) in [5.41, 5.74) is 6.28. The Bertz CT molecular complexity index is 1540. The number of esters is 1. The topological polar surface area (TPSA) is 78.1 Å². The third-order valence-electron chi connectivity index (χ3n) is 7.51. The van der Waals surface area contributed by atoms with Gasteiger partial charge in [0.05, 0.1) is 32.0 Å². The molecule has 0 bridgehead atoms. The molecule has 0 amide bonds. The first-order valence-electron chi connectivity index (χ1n) is 13.6. The molecular weight excluding hydrogens is 511 g/mol. The molecule has 0 radical (unpaired) electrons. The fourth-order valence-corrected chi connectivity index (χ4v) is 5.54. The Balaban J connectivity index is 1.40. The van der Waals surface area contributed by atoms with Crippen LogP contribution in [0.5, 0.6) is 11.5 Å². The van der Waals surface area contributed by atoms with Crippen LogP contribution in [0, 0.1) is 19.7 Å². The van der Waals surface area contributed by atoms with Gasteiger partial charge in [0.15, 0.2) is 0 Å². The van der Waals surface area contributed by atoms with Gasteiger partial charge in [-0.05, 0) is 98.7 Å². The van der Waals surface area contributed by atoms with Crippen molar-refractivity contribution in [2.24, 2.45) is 0 Å². The Morgan fingerprint density at radius 3 is 2.55 bits per heavy atom. The number of ether oxygens (including phenoxy) is 3. The van der Waals surface area contributed by atoms with Gasteiger partial charge in [-0.25, -0.2) is 4.39 Å². The number of carbonyl (C=O) groups is 1. The van der Waals surface area contributed by atoms with Crippen molar-refractivity contribution in [2.75, 3.05) is 13.7 Å². The molecule has 1 aliphatic rings. The van der Waals surface area contributed by atoms with Gasteiger partial charge >= 0.3 is 5.97 Å². The summed E-state index contributed by atoms with van der Waals surface area (Å²) in [7, 11) is 1.36. The van der Waals surface area contributed by atoms with Crippen molar-refractivity contribution in [1.29, 1.82) is 0 Å². The summed E-state index contributed by atoms with van der Waals surface area (Å²) < 4.78 is 37.9. The number of carbonyl (C=O) groups excluding carboxylic acids is 1. The average molecular weight is 547 g/mol. The van der Waals surface area contributed by atoms with Gasteiger partial charge in [0.1, 0.15) is 29.0 Å². The first-order valence-corrected chi connectivity index (χ1v) is 13.6. The second-order valence-corrected chi connectivity index (χ2v) is 11.1. The molecule has 5 rings (SSSR count). The molecule has 40 heavy (non-hydrogen) atoms. The normalized spacial score (nSPS) is 14.8. The van der Waals surface area contributed by atoms with E-state index in [1.54, 1.807) is 26.2 Å². The van der Waals surface area contributed by atoms with Gasteiger partial charge in [0, 0.05) is 29.0 Å². The van der Waals surface area contributed by atoms with Gasteiger partial charge in [0.2, 0.25) is 0 Å². The number of fused-ring (bicyclic) bond motifs is 2. The van der Waals surface area contributed by atoms with E-state index in [-0.39, 0.29) is 18.2 Å². The zero-order chi connectivity index (χ0) is 28.6. The second-order valence-electron chi connectivity index (χ2n) is 11.1. The third-order valence-corrected chi connectivity index (χ3v) is 7.51. The molecule has 4 aromatic rings. The smallest absolute Gasteiger partial charge is 0.310 e. The maximum atomic E-state index is 15.3. The quantitative estimate of drug-likeness (QED) is 0.224. The lowest BCUT2D eigenvalue weighted by atomic mass is 9.90. The van der Waals surface area contributed by atoms with E-state index in [4.69, 9.17) is 18.6 Å². The van der Waals surface area contributed by atoms with E-state index in [1.807, 2.05) is 44.2 Å². The van der Waals surface area contributed by atoms with Gasteiger partial charge in [-0.1, -0.05) is 6.07 Å². The van der Waals surface area contributed by atoms with E-state index in [0.29, 0.717) is 42.8 Å². The third kappa shape index (κ3) is 5.70. The highest BCUT2D eigenvalue weighted by Gasteiger charge is 2.31.